The Hall–Kier alpha value is -1.41. The minimum atomic E-state index is -2.01. The van der Waals surface area contributed by atoms with E-state index < -0.39 is 173 Å². The van der Waals surface area contributed by atoms with E-state index in [9.17, 15) is 71.2 Å². The van der Waals surface area contributed by atoms with Gasteiger partial charge in [0.15, 0.2) is 31.5 Å². The lowest BCUT2D eigenvalue weighted by Gasteiger charge is -2.51. The van der Waals surface area contributed by atoms with Gasteiger partial charge in [-0.1, -0.05) is 0 Å². The molecule has 0 unspecified atom stereocenters. The molecule has 5 fully saturated rings. The number of ether oxygens (including phenoxy) is 9. The van der Waals surface area contributed by atoms with Crippen LogP contribution in [0.4, 0.5) is 0 Å². The largest absolute Gasteiger partial charge is 0.394 e. The van der Waals surface area contributed by atoms with Crippen molar-refractivity contribution >= 4 is 5.91 Å². The lowest BCUT2D eigenvalue weighted by molar-refractivity contribution is -0.392. The summed E-state index contributed by atoms with van der Waals surface area (Å²) in [5, 5.41) is 140. The highest BCUT2D eigenvalue weighted by molar-refractivity contribution is 5.73. The first kappa shape index (κ1) is 45.7. The van der Waals surface area contributed by atoms with E-state index in [2.05, 4.69) is 5.32 Å². The van der Waals surface area contributed by atoms with E-state index >= 15 is 0 Å². The summed E-state index contributed by atoms with van der Waals surface area (Å²) in [6.45, 7) is 3.35. The molecule has 1 amide bonds. The molecule has 56 heavy (non-hydrogen) atoms. The van der Waals surface area contributed by atoms with Crippen LogP contribution in [0.5, 0.6) is 0 Å². The summed E-state index contributed by atoms with van der Waals surface area (Å²) in [5.41, 5.74) is 0. The number of nitrogens with one attached hydrogen (secondary N) is 1. The average Bonchev–Trinajstić information content (AvgIpc) is 3.15. The van der Waals surface area contributed by atoms with E-state index in [-0.39, 0.29) is 0 Å². The smallest absolute Gasteiger partial charge is 0.217 e. The number of rotatable bonds is 11. The molecular weight excluding hydrogens is 766 g/mol. The van der Waals surface area contributed by atoms with Crippen LogP contribution in [0.15, 0.2) is 0 Å². The molecule has 14 N–H and O–H groups in total. The van der Waals surface area contributed by atoms with Gasteiger partial charge in [0, 0.05) is 6.92 Å². The van der Waals surface area contributed by atoms with Crippen LogP contribution in [0.2, 0.25) is 0 Å². The van der Waals surface area contributed by atoms with Crippen LogP contribution < -0.4 is 5.32 Å². The van der Waals surface area contributed by atoms with Gasteiger partial charge < -0.3 is 114 Å². The molecule has 0 aromatic rings. The Bertz CT molecular complexity index is 1270. The maximum absolute atomic E-state index is 12.7. The molecule has 0 aliphatic carbocycles. The fourth-order valence-electron chi connectivity index (χ4n) is 7.24. The number of aliphatic hydroxyl groups excluding tert-OH is 13. The van der Waals surface area contributed by atoms with Crippen molar-refractivity contribution in [2.24, 2.45) is 0 Å². The molecule has 0 saturated carbocycles. The van der Waals surface area contributed by atoms with Gasteiger partial charge in [0.25, 0.3) is 0 Å². The SMILES string of the molecule is CC(=O)N[C@H]1[C@H](O[C@@H]2[C@H](O)[C@@H](O)[C@H](C)O[C@H]2O)O[C@H](CO)[C@@H](O[C@H]2O[C@H](CO)[C@@H](O)[C@H](O)[C@H]2O)[C@@H]1O[C@@H]1O[C@@H](C)[C@H](O)[C@@H](O[C@@H]2O[C@@H](C)[C@H](O)[C@@H](O)[C@H]2O)[C@H]1O. The number of carbonyl (C=O) groups is 1. The molecular formula is C32H55NO23. The van der Waals surface area contributed by atoms with Gasteiger partial charge in [0.1, 0.15) is 104 Å². The normalized spacial score (nSPS) is 53.1. The molecule has 24 heteroatoms. The first-order valence-corrected chi connectivity index (χ1v) is 18.2. The third kappa shape index (κ3) is 9.31. The second-order valence-corrected chi connectivity index (χ2v) is 14.6. The third-order valence-corrected chi connectivity index (χ3v) is 10.6. The maximum atomic E-state index is 12.7. The summed E-state index contributed by atoms with van der Waals surface area (Å²) in [6.07, 6.45) is -40.5. The van der Waals surface area contributed by atoms with Crippen molar-refractivity contribution in [1.82, 2.24) is 5.32 Å². The average molecular weight is 822 g/mol. The minimum Gasteiger partial charge on any atom is -0.394 e. The molecule has 5 aliphatic heterocycles. The Morgan fingerprint density at radius 1 is 0.464 bits per heavy atom. The van der Waals surface area contributed by atoms with Gasteiger partial charge in [-0.05, 0) is 20.8 Å². The standard InChI is InChI=1S/C32H55NO23/c1-7-15(38)20(43)27(28(47)48-7)56-29-13(33-10(4)36)25(24(12(6-35)52-29)53-31-22(45)19(42)17(40)11(5-34)51-31)54-32-23(46)26(16(39)9(3)50-32)55-30-21(44)18(41)14(37)8(2)49-30/h7-9,11-32,34-35,37-47H,5-6H2,1-4H3,(H,33,36)/t7-,8-,9-,11+,12+,13+,14-,15-,16-,17+,18+,19-,20+,21+,22+,23+,24+,25+,26+,27+,28+,29-,30-,31+,32-/m0/s1. The van der Waals surface area contributed by atoms with Crippen molar-refractivity contribution in [1.29, 1.82) is 0 Å². The highest BCUT2D eigenvalue weighted by Crippen LogP contribution is 2.36. The van der Waals surface area contributed by atoms with Gasteiger partial charge in [0.2, 0.25) is 5.91 Å². The van der Waals surface area contributed by atoms with Gasteiger partial charge >= 0.3 is 0 Å². The lowest BCUT2D eigenvalue weighted by Crippen LogP contribution is -2.71. The summed E-state index contributed by atoms with van der Waals surface area (Å²) in [6, 6.07) is -1.65. The quantitative estimate of drug-likeness (QED) is 0.0920. The van der Waals surface area contributed by atoms with Gasteiger partial charge in [-0.2, -0.15) is 0 Å². The van der Waals surface area contributed by atoms with Gasteiger partial charge in [-0.3, -0.25) is 4.79 Å². The number of carbonyl (C=O) groups excluding carboxylic acids is 1. The molecule has 5 heterocycles. The molecule has 25 atom stereocenters. The van der Waals surface area contributed by atoms with Crippen LogP contribution in [-0.2, 0) is 47.4 Å². The minimum absolute atomic E-state index is 0.780. The molecule has 0 aromatic heterocycles. The molecule has 24 nitrogen and oxygen atoms in total. The van der Waals surface area contributed by atoms with E-state index in [1.165, 1.54) is 20.8 Å². The zero-order chi connectivity index (χ0) is 41.5. The molecule has 0 radical (unpaired) electrons. The van der Waals surface area contributed by atoms with Crippen LogP contribution in [0.25, 0.3) is 0 Å². The predicted octanol–water partition coefficient (Wildman–Crippen LogP) is -8.70. The van der Waals surface area contributed by atoms with Crippen LogP contribution in [-0.4, -0.2) is 239 Å². The van der Waals surface area contributed by atoms with Crippen LogP contribution in [0, 0.1) is 0 Å². The monoisotopic (exact) mass is 821 g/mol. The number of amides is 1. The Morgan fingerprint density at radius 2 is 0.911 bits per heavy atom. The first-order chi connectivity index (χ1) is 26.3. The zero-order valence-corrected chi connectivity index (χ0v) is 30.7. The zero-order valence-electron chi connectivity index (χ0n) is 30.7. The Labute approximate surface area is 319 Å². The summed E-state index contributed by atoms with van der Waals surface area (Å²) in [7, 11) is 0. The summed E-state index contributed by atoms with van der Waals surface area (Å²) in [5.74, 6) is -0.780. The molecule has 5 aliphatic rings. The Morgan fingerprint density at radius 3 is 1.50 bits per heavy atom. The van der Waals surface area contributed by atoms with Crippen LogP contribution in [0.3, 0.4) is 0 Å². The molecule has 326 valence electrons. The summed E-state index contributed by atoms with van der Waals surface area (Å²) < 4.78 is 51.8. The van der Waals surface area contributed by atoms with Crippen molar-refractivity contribution in [3.05, 3.63) is 0 Å². The highest BCUT2D eigenvalue weighted by atomic mass is 16.8. The molecule has 5 rings (SSSR count). The molecule has 5 saturated heterocycles. The van der Waals surface area contributed by atoms with Crippen LogP contribution in [0.1, 0.15) is 27.7 Å². The first-order valence-electron chi connectivity index (χ1n) is 18.2. The fraction of sp³-hybridized carbons (Fsp3) is 0.969. The van der Waals surface area contributed by atoms with Crippen molar-refractivity contribution in [2.45, 2.75) is 181 Å². The van der Waals surface area contributed by atoms with Crippen molar-refractivity contribution in [2.75, 3.05) is 13.2 Å². The van der Waals surface area contributed by atoms with Gasteiger partial charge in [-0.15, -0.1) is 0 Å². The Kier molecular flexibility index (Phi) is 15.4. The molecule has 0 aromatic carbocycles. The number of aliphatic hydroxyl groups is 13. The van der Waals surface area contributed by atoms with Crippen molar-refractivity contribution in [3.8, 4) is 0 Å². The Balaban J connectivity index is 1.50. The highest BCUT2D eigenvalue weighted by Gasteiger charge is 2.57. The number of hydrogen-bond donors (Lipinski definition) is 14. The summed E-state index contributed by atoms with van der Waals surface area (Å²) in [4.78, 5) is 12.7. The van der Waals surface area contributed by atoms with E-state index in [0.717, 1.165) is 6.92 Å². The predicted molar refractivity (Wildman–Crippen MR) is 174 cm³/mol. The van der Waals surface area contributed by atoms with Crippen molar-refractivity contribution in [3.63, 3.8) is 0 Å². The van der Waals surface area contributed by atoms with E-state index in [1.54, 1.807) is 0 Å². The van der Waals surface area contributed by atoms with Crippen molar-refractivity contribution < 1.29 is 114 Å². The van der Waals surface area contributed by atoms with Gasteiger partial charge in [-0.25, -0.2) is 0 Å². The van der Waals surface area contributed by atoms with Crippen LogP contribution >= 0.6 is 0 Å². The van der Waals surface area contributed by atoms with E-state index in [4.69, 9.17) is 42.6 Å². The van der Waals surface area contributed by atoms with E-state index in [0.29, 0.717) is 0 Å². The number of hydrogen-bond acceptors (Lipinski definition) is 23. The molecule has 0 bridgehead atoms. The topological polar surface area (TPSA) is 375 Å². The summed E-state index contributed by atoms with van der Waals surface area (Å²) >= 11 is 0. The maximum Gasteiger partial charge on any atom is 0.217 e. The third-order valence-electron chi connectivity index (χ3n) is 10.6. The van der Waals surface area contributed by atoms with E-state index in [1.807, 2.05) is 0 Å². The second kappa shape index (κ2) is 18.9. The fourth-order valence-corrected chi connectivity index (χ4v) is 7.24. The second-order valence-electron chi connectivity index (χ2n) is 14.6. The lowest BCUT2D eigenvalue weighted by atomic mass is 9.93. The molecule has 0 spiro atoms. The van der Waals surface area contributed by atoms with Gasteiger partial charge in [0.05, 0.1) is 31.5 Å².